The molecule has 0 unspecified atom stereocenters. The van der Waals surface area contributed by atoms with Crippen LogP contribution in [-0.2, 0) is 16.3 Å². The summed E-state index contributed by atoms with van der Waals surface area (Å²) in [7, 11) is 0. The first-order valence-electron chi connectivity index (χ1n) is 6.74. The second-order valence-electron chi connectivity index (χ2n) is 4.71. The molecule has 1 heterocycles. The highest BCUT2D eigenvalue weighted by molar-refractivity contribution is 6.32. The Balaban J connectivity index is 1.85. The average molecular weight is 360 g/mol. The minimum absolute atomic E-state index is 0.333. The number of alkyl halides is 3. The van der Waals surface area contributed by atoms with Gasteiger partial charge in [0.15, 0.2) is 0 Å². The van der Waals surface area contributed by atoms with Crippen molar-refractivity contribution in [2.45, 2.75) is 12.9 Å². The molecule has 128 valence electrons. The van der Waals surface area contributed by atoms with Crippen molar-refractivity contribution in [2.24, 2.45) is 0 Å². The minimum atomic E-state index is -4.40. The molecule has 2 rings (SSSR count). The zero-order valence-electron chi connectivity index (χ0n) is 12.3. The van der Waals surface area contributed by atoms with Crippen molar-refractivity contribution < 1.29 is 22.7 Å². The van der Waals surface area contributed by atoms with Crippen LogP contribution in [0.5, 0.6) is 0 Å². The molecule has 1 amide bonds. The highest BCUT2D eigenvalue weighted by Crippen LogP contribution is 2.17. The Hall–Kier alpha value is -2.32. The first kappa shape index (κ1) is 18.0. The van der Waals surface area contributed by atoms with E-state index in [-0.39, 0.29) is 6.73 Å². The number of carbonyl (C=O) groups excluding carboxylic acids is 1. The van der Waals surface area contributed by atoms with Gasteiger partial charge in [-0.25, -0.2) is 4.68 Å². The molecule has 5 nitrogen and oxygen atoms in total. The van der Waals surface area contributed by atoms with Crippen molar-refractivity contribution in [1.29, 1.82) is 0 Å². The minimum Gasteiger partial charge on any atom is -0.350 e. The summed E-state index contributed by atoms with van der Waals surface area (Å²) < 4.78 is 41.5. The van der Waals surface area contributed by atoms with E-state index < -0.39 is 18.7 Å². The van der Waals surface area contributed by atoms with Gasteiger partial charge in [0.1, 0.15) is 13.3 Å². The molecule has 0 atom stereocenters. The van der Waals surface area contributed by atoms with Crippen molar-refractivity contribution in [3.05, 3.63) is 53.3 Å². The van der Waals surface area contributed by atoms with E-state index >= 15 is 0 Å². The normalized spacial score (nSPS) is 11.8. The zero-order valence-corrected chi connectivity index (χ0v) is 13.0. The van der Waals surface area contributed by atoms with Gasteiger partial charge in [-0.2, -0.15) is 18.3 Å². The molecule has 0 aliphatic rings. The van der Waals surface area contributed by atoms with Gasteiger partial charge in [-0.3, -0.25) is 4.79 Å². The van der Waals surface area contributed by atoms with Crippen molar-refractivity contribution >= 4 is 29.3 Å². The first-order valence-corrected chi connectivity index (χ1v) is 7.12. The number of anilines is 1. The number of hydrogen-bond acceptors (Lipinski definition) is 3. The fourth-order valence-corrected chi connectivity index (χ4v) is 1.91. The number of ether oxygens (including phenoxy) is 1. The van der Waals surface area contributed by atoms with Crippen LogP contribution in [0.15, 0.2) is 42.7 Å². The topological polar surface area (TPSA) is 56.2 Å². The van der Waals surface area contributed by atoms with Crippen molar-refractivity contribution in [3.8, 4) is 0 Å². The molecule has 0 aliphatic carbocycles. The number of rotatable bonds is 6. The van der Waals surface area contributed by atoms with Crippen LogP contribution in [-0.4, -0.2) is 28.5 Å². The maximum Gasteiger partial charge on any atom is 0.411 e. The van der Waals surface area contributed by atoms with Crippen LogP contribution in [0.2, 0.25) is 5.02 Å². The van der Waals surface area contributed by atoms with Crippen LogP contribution in [0.25, 0.3) is 6.08 Å². The highest BCUT2D eigenvalue weighted by atomic mass is 35.5. The number of carbonyl (C=O) groups is 1. The average Bonchev–Trinajstić information content (AvgIpc) is 2.92. The number of benzene rings is 1. The summed E-state index contributed by atoms with van der Waals surface area (Å²) in [5, 5.41) is 6.82. The van der Waals surface area contributed by atoms with Gasteiger partial charge in [0.2, 0.25) is 5.91 Å². The van der Waals surface area contributed by atoms with Crippen LogP contribution >= 0.6 is 11.6 Å². The molecule has 0 radical (unpaired) electrons. The summed E-state index contributed by atoms with van der Waals surface area (Å²) in [6.45, 7) is -1.74. The van der Waals surface area contributed by atoms with Gasteiger partial charge in [-0.05, 0) is 17.7 Å². The fraction of sp³-hybridized carbons (Fsp3) is 0.200. The Morgan fingerprint density at radius 1 is 1.38 bits per heavy atom. The smallest absolute Gasteiger partial charge is 0.350 e. The molecule has 1 N–H and O–H groups in total. The molecule has 9 heteroatoms. The Kier molecular flexibility index (Phi) is 5.99. The summed E-state index contributed by atoms with van der Waals surface area (Å²) >= 11 is 5.96. The molecule has 0 bridgehead atoms. The fourth-order valence-electron chi connectivity index (χ4n) is 1.71. The number of halogens is 4. The second kappa shape index (κ2) is 7.98. The molecular weight excluding hydrogens is 347 g/mol. The first-order chi connectivity index (χ1) is 11.3. The Morgan fingerprint density at radius 3 is 2.83 bits per heavy atom. The third-order valence-corrected chi connectivity index (χ3v) is 3.05. The molecular formula is C15H13ClF3N3O2. The van der Waals surface area contributed by atoms with Gasteiger partial charge in [0.25, 0.3) is 0 Å². The van der Waals surface area contributed by atoms with Crippen LogP contribution in [0.3, 0.4) is 0 Å². The van der Waals surface area contributed by atoms with Crippen molar-refractivity contribution in [3.63, 3.8) is 0 Å². The van der Waals surface area contributed by atoms with Crippen LogP contribution in [0.1, 0.15) is 5.56 Å². The van der Waals surface area contributed by atoms with E-state index in [0.29, 0.717) is 16.3 Å². The van der Waals surface area contributed by atoms with Crippen LogP contribution < -0.4 is 5.32 Å². The summed E-state index contributed by atoms with van der Waals surface area (Å²) in [5.74, 6) is -0.425. The number of nitrogens with one attached hydrogen (secondary N) is 1. The monoisotopic (exact) mass is 359 g/mol. The van der Waals surface area contributed by atoms with Crippen molar-refractivity contribution in [1.82, 2.24) is 9.78 Å². The third kappa shape index (κ3) is 6.05. The summed E-state index contributed by atoms with van der Waals surface area (Å²) in [4.78, 5) is 11.8. The Morgan fingerprint density at radius 2 is 2.12 bits per heavy atom. The van der Waals surface area contributed by atoms with E-state index in [4.69, 9.17) is 11.6 Å². The summed E-state index contributed by atoms with van der Waals surface area (Å²) in [6, 6.07) is 7.01. The van der Waals surface area contributed by atoms with E-state index in [2.05, 4.69) is 15.2 Å². The number of aromatic nitrogens is 2. The molecule has 0 saturated heterocycles. The lowest BCUT2D eigenvalue weighted by atomic mass is 10.2. The predicted octanol–water partition coefficient (Wildman–Crippen LogP) is 3.72. The largest absolute Gasteiger partial charge is 0.411 e. The lowest BCUT2D eigenvalue weighted by Gasteiger charge is -2.07. The molecule has 0 aliphatic heterocycles. The van der Waals surface area contributed by atoms with E-state index in [1.807, 2.05) is 0 Å². The lowest BCUT2D eigenvalue weighted by molar-refractivity contribution is -0.182. The Bertz CT molecular complexity index is 729. The summed E-state index contributed by atoms with van der Waals surface area (Å²) in [6.07, 6.45) is 1.11. The molecule has 1 aromatic heterocycles. The Labute approximate surface area is 140 Å². The standard InChI is InChI=1S/C15H13ClF3N3O2/c16-13-4-2-1-3-11(13)5-6-14(23)21-12-7-20-22(8-12)10-24-9-15(17,18)19/h1-8H,9-10H2,(H,21,23)/b6-5+. The van der Waals surface area contributed by atoms with Gasteiger partial charge in [0.05, 0.1) is 18.1 Å². The number of hydrogen-bond donors (Lipinski definition) is 1. The third-order valence-electron chi connectivity index (χ3n) is 2.71. The van der Waals surface area contributed by atoms with E-state index in [0.717, 1.165) is 4.68 Å². The van der Waals surface area contributed by atoms with E-state index in [1.165, 1.54) is 18.5 Å². The molecule has 24 heavy (non-hydrogen) atoms. The van der Waals surface area contributed by atoms with Gasteiger partial charge in [-0.1, -0.05) is 29.8 Å². The maximum absolute atomic E-state index is 12.0. The zero-order chi connectivity index (χ0) is 17.6. The molecule has 0 spiro atoms. The molecule has 1 aromatic carbocycles. The molecule has 0 fully saturated rings. The van der Waals surface area contributed by atoms with E-state index in [1.54, 1.807) is 30.3 Å². The maximum atomic E-state index is 12.0. The van der Waals surface area contributed by atoms with Crippen LogP contribution in [0.4, 0.5) is 18.9 Å². The van der Waals surface area contributed by atoms with Gasteiger partial charge >= 0.3 is 6.18 Å². The molecule has 2 aromatic rings. The van der Waals surface area contributed by atoms with Crippen LogP contribution in [0, 0.1) is 0 Å². The molecule has 0 saturated carbocycles. The van der Waals surface area contributed by atoms with Crippen molar-refractivity contribution in [2.75, 3.05) is 11.9 Å². The lowest BCUT2D eigenvalue weighted by Crippen LogP contribution is -2.18. The number of amides is 1. The summed E-state index contributed by atoms with van der Waals surface area (Å²) in [5.41, 5.74) is 1.02. The van der Waals surface area contributed by atoms with Gasteiger partial charge in [-0.15, -0.1) is 0 Å². The van der Waals surface area contributed by atoms with Gasteiger partial charge < -0.3 is 10.1 Å². The van der Waals surface area contributed by atoms with E-state index in [9.17, 15) is 18.0 Å². The second-order valence-corrected chi connectivity index (χ2v) is 5.11. The SMILES string of the molecule is O=C(/C=C/c1ccccc1Cl)Nc1cnn(COCC(F)(F)F)c1. The predicted molar refractivity (Wildman–Crippen MR) is 83.3 cm³/mol. The number of nitrogens with zero attached hydrogens (tertiary/aromatic N) is 2. The quantitative estimate of drug-likeness (QED) is 0.800. The van der Waals surface area contributed by atoms with Gasteiger partial charge in [0, 0.05) is 11.1 Å². The highest BCUT2D eigenvalue weighted by Gasteiger charge is 2.27.